The Bertz CT molecular complexity index is 217. The van der Waals surface area contributed by atoms with Gasteiger partial charge >= 0.3 is 0 Å². The van der Waals surface area contributed by atoms with Crippen molar-refractivity contribution in [1.29, 1.82) is 0 Å². The van der Waals surface area contributed by atoms with Crippen LogP contribution in [0.3, 0.4) is 0 Å². The molecule has 2 heterocycles. The lowest BCUT2D eigenvalue weighted by Crippen LogP contribution is -2.44. The molecule has 2 aliphatic heterocycles. The second-order valence-corrected chi connectivity index (χ2v) is 5.87. The Morgan fingerprint density at radius 2 is 2.17 bits per heavy atom. The van der Waals surface area contributed by atoms with Gasteiger partial charge in [-0.05, 0) is 51.1 Å². The van der Waals surface area contributed by atoms with Crippen LogP contribution in [0, 0.1) is 5.92 Å². The van der Waals surface area contributed by atoms with E-state index < -0.39 is 0 Å². The average Bonchev–Trinajstić information content (AvgIpc) is 2.93. The minimum Gasteiger partial charge on any atom is -0.380 e. The first-order valence-electron chi connectivity index (χ1n) is 7.93. The summed E-state index contributed by atoms with van der Waals surface area (Å²) in [5.74, 6) is 0.886. The van der Waals surface area contributed by atoms with Crippen molar-refractivity contribution in [2.24, 2.45) is 5.92 Å². The fourth-order valence-corrected chi connectivity index (χ4v) is 3.28. The van der Waals surface area contributed by atoms with Crippen molar-refractivity contribution < 1.29 is 4.74 Å². The monoisotopic (exact) mass is 254 g/mol. The minimum atomic E-state index is 0.800. The SMILES string of the molecule is CCCCOCCN1CCCC(C2CCCN2)C1. The molecule has 3 heteroatoms. The standard InChI is InChI=1S/C15H30N2O/c1-2-3-11-18-12-10-17-9-5-6-14(13-17)15-7-4-8-16-15/h14-16H,2-13H2,1H3. The third-order valence-electron chi connectivity index (χ3n) is 4.40. The molecule has 2 atom stereocenters. The van der Waals surface area contributed by atoms with E-state index in [0.717, 1.165) is 31.7 Å². The Labute approximate surface area is 112 Å². The molecule has 18 heavy (non-hydrogen) atoms. The number of nitrogens with zero attached hydrogens (tertiary/aromatic N) is 1. The molecule has 0 saturated carbocycles. The van der Waals surface area contributed by atoms with Gasteiger partial charge in [0.05, 0.1) is 6.61 Å². The summed E-state index contributed by atoms with van der Waals surface area (Å²) in [6, 6.07) is 0.800. The van der Waals surface area contributed by atoms with Crippen LogP contribution >= 0.6 is 0 Å². The maximum atomic E-state index is 5.68. The molecule has 2 aliphatic rings. The van der Waals surface area contributed by atoms with E-state index in [-0.39, 0.29) is 0 Å². The molecule has 2 saturated heterocycles. The second kappa shape index (κ2) is 8.13. The topological polar surface area (TPSA) is 24.5 Å². The number of hydrogen-bond acceptors (Lipinski definition) is 3. The van der Waals surface area contributed by atoms with Gasteiger partial charge in [0.15, 0.2) is 0 Å². The van der Waals surface area contributed by atoms with Crippen LogP contribution in [-0.2, 0) is 4.74 Å². The zero-order chi connectivity index (χ0) is 12.6. The summed E-state index contributed by atoms with van der Waals surface area (Å²) in [4.78, 5) is 2.61. The molecule has 106 valence electrons. The van der Waals surface area contributed by atoms with Crippen LogP contribution in [0.2, 0.25) is 0 Å². The van der Waals surface area contributed by atoms with Crippen molar-refractivity contribution in [3.8, 4) is 0 Å². The number of unbranched alkanes of at least 4 members (excludes halogenated alkanes) is 1. The summed E-state index contributed by atoms with van der Waals surface area (Å²) in [6.07, 6.45) is 8.00. The van der Waals surface area contributed by atoms with E-state index in [2.05, 4.69) is 17.1 Å². The first-order chi connectivity index (χ1) is 8.90. The van der Waals surface area contributed by atoms with E-state index in [0.29, 0.717) is 0 Å². The number of ether oxygens (including phenoxy) is 1. The van der Waals surface area contributed by atoms with Gasteiger partial charge < -0.3 is 15.0 Å². The highest BCUT2D eigenvalue weighted by atomic mass is 16.5. The molecule has 2 rings (SSSR count). The molecule has 0 radical (unpaired) electrons. The lowest BCUT2D eigenvalue weighted by molar-refractivity contribution is 0.0780. The van der Waals surface area contributed by atoms with Crippen LogP contribution < -0.4 is 5.32 Å². The van der Waals surface area contributed by atoms with Gasteiger partial charge in [0.2, 0.25) is 0 Å². The zero-order valence-corrected chi connectivity index (χ0v) is 12.0. The lowest BCUT2D eigenvalue weighted by atomic mass is 9.90. The Hall–Kier alpha value is -0.120. The van der Waals surface area contributed by atoms with Crippen molar-refractivity contribution in [2.75, 3.05) is 39.4 Å². The molecule has 0 spiro atoms. The van der Waals surface area contributed by atoms with Crippen molar-refractivity contribution in [2.45, 2.75) is 51.5 Å². The predicted octanol–water partition coefficient (Wildman–Crippen LogP) is 2.27. The Morgan fingerprint density at radius 3 is 2.94 bits per heavy atom. The molecular formula is C15H30N2O. The first-order valence-corrected chi connectivity index (χ1v) is 7.93. The smallest absolute Gasteiger partial charge is 0.0593 e. The van der Waals surface area contributed by atoms with Gasteiger partial charge in [-0.15, -0.1) is 0 Å². The van der Waals surface area contributed by atoms with Crippen LogP contribution in [0.25, 0.3) is 0 Å². The van der Waals surface area contributed by atoms with Crippen LogP contribution in [0.4, 0.5) is 0 Å². The van der Waals surface area contributed by atoms with E-state index >= 15 is 0 Å². The van der Waals surface area contributed by atoms with Crippen molar-refractivity contribution in [1.82, 2.24) is 10.2 Å². The maximum absolute atomic E-state index is 5.68. The largest absolute Gasteiger partial charge is 0.380 e. The average molecular weight is 254 g/mol. The third-order valence-corrected chi connectivity index (χ3v) is 4.40. The number of rotatable bonds is 7. The first kappa shape index (κ1) is 14.3. The molecular weight excluding hydrogens is 224 g/mol. The summed E-state index contributed by atoms with van der Waals surface area (Å²) >= 11 is 0. The molecule has 0 aromatic carbocycles. The fraction of sp³-hybridized carbons (Fsp3) is 1.00. The highest BCUT2D eigenvalue weighted by Crippen LogP contribution is 2.24. The van der Waals surface area contributed by atoms with Gasteiger partial charge in [0, 0.05) is 25.7 Å². The maximum Gasteiger partial charge on any atom is 0.0593 e. The van der Waals surface area contributed by atoms with Crippen LogP contribution in [-0.4, -0.2) is 50.3 Å². The Balaban J connectivity index is 1.60. The molecule has 2 unspecified atom stereocenters. The van der Waals surface area contributed by atoms with E-state index in [1.807, 2.05) is 0 Å². The Kier molecular flexibility index (Phi) is 6.46. The van der Waals surface area contributed by atoms with E-state index in [4.69, 9.17) is 4.74 Å². The van der Waals surface area contributed by atoms with Crippen molar-refractivity contribution >= 4 is 0 Å². The quantitative estimate of drug-likeness (QED) is 0.705. The molecule has 1 N–H and O–H groups in total. The molecule has 0 amide bonds. The number of likely N-dealkylation sites (tertiary alicyclic amines) is 1. The number of nitrogens with one attached hydrogen (secondary N) is 1. The fourth-order valence-electron chi connectivity index (χ4n) is 3.28. The second-order valence-electron chi connectivity index (χ2n) is 5.87. The molecule has 2 fully saturated rings. The van der Waals surface area contributed by atoms with Gasteiger partial charge in [-0.2, -0.15) is 0 Å². The van der Waals surface area contributed by atoms with E-state index in [9.17, 15) is 0 Å². The zero-order valence-electron chi connectivity index (χ0n) is 12.0. The highest BCUT2D eigenvalue weighted by Gasteiger charge is 2.28. The summed E-state index contributed by atoms with van der Waals surface area (Å²) in [5, 5.41) is 3.67. The molecule has 0 bridgehead atoms. The highest BCUT2D eigenvalue weighted by molar-refractivity contribution is 4.86. The van der Waals surface area contributed by atoms with Gasteiger partial charge in [0.25, 0.3) is 0 Å². The lowest BCUT2D eigenvalue weighted by Gasteiger charge is -2.35. The summed E-state index contributed by atoms with van der Waals surface area (Å²) in [6.45, 7) is 9.01. The van der Waals surface area contributed by atoms with Crippen molar-refractivity contribution in [3.05, 3.63) is 0 Å². The Morgan fingerprint density at radius 1 is 1.22 bits per heavy atom. The van der Waals surface area contributed by atoms with Gasteiger partial charge in [-0.1, -0.05) is 13.3 Å². The normalized spacial score (nSPS) is 29.8. The number of hydrogen-bond donors (Lipinski definition) is 1. The van der Waals surface area contributed by atoms with Gasteiger partial charge in [-0.25, -0.2) is 0 Å². The summed E-state index contributed by atoms with van der Waals surface area (Å²) < 4.78 is 5.68. The van der Waals surface area contributed by atoms with E-state index in [1.165, 1.54) is 58.2 Å². The molecule has 0 aromatic rings. The molecule has 0 aliphatic carbocycles. The minimum absolute atomic E-state index is 0.800. The number of piperidine rings is 1. The predicted molar refractivity (Wildman–Crippen MR) is 75.9 cm³/mol. The van der Waals surface area contributed by atoms with Crippen LogP contribution in [0.5, 0.6) is 0 Å². The third kappa shape index (κ3) is 4.52. The molecule has 0 aromatic heterocycles. The van der Waals surface area contributed by atoms with E-state index in [1.54, 1.807) is 0 Å². The summed E-state index contributed by atoms with van der Waals surface area (Å²) in [5.41, 5.74) is 0. The van der Waals surface area contributed by atoms with Crippen LogP contribution in [0.1, 0.15) is 45.4 Å². The van der Waals surface area contributed by atoms with Gasteiger partial charge in [0.1, 0.15) is 0 Å². The van der Waals surface area contributed by atoms with Crippen LogP contribution in [0.15, 0.2) is 0 Å². The summed E-state index contributed by atoms with van der Waals surface area (Å²) in [7, 11) is 0. The molecule has 3 nitrogen and oxygen atoms in total. The van der Waals surface area contributed by atoms with Gasteiger partial charge in [-0.3, -0.25) is 0 Å². The van der Waals surface area contributed by atoms with Crippen molar-refractivity contribution in [3.63, 3.8) is 0 Å².